The highest BCUT2D eigenvalue weighted by molar-refractivity contribution is 8.24. The SMILES string of the molecule is CC1(C(Cl)Cl)SCCCS1.CC1(C(SCCS)SCCS)SCCCS1.CCCS. The largest absolute Gasteiger partial charge is 0.179 e. The summed E-state index contributed by atoms with van der Waals surface area (Å²) in [6.07, 6.45) is 3.83. The molecule has 0 N–H and O–H groups in total. The van der Waals surface area contributed by atoms with Crippen molar-refractivity contribution in [2.24, 2.45) is 0 Å². The minimum Gasteiger partial charge on any atom is -0.179 e. The molecule has 2 aliphatic rings. The standard InChI is InChI=1S/C10H20S6.C6H10Cl2S2.C3H8S/c1-10(15-5-2-6-16-10)9(13-7-3-11)14-8-4-12;1-6(5(7)8)9-3-2-4-10-6;1-2-3-4/h9,11-12H,2-8H2,1H3;5H,2-4H2,1H3;4H,2-3H2,1H3. The molecule has 182 valence electrons. The van der Waals surface area contributed by atoms with E-state index in [2.05, 4.69) is 106 Å². The van der Waals surface area contributed by atoms with Crippen molar-refractivity contribution in [3.8, 4) is 0 Å². The molecule has 2 saturated heterocycles. The normalized spacial score (nSPS) is 20.2. The van der Waals surface area contributed by atoms with E-state index in [1.807, 2.05) is 23.5 Å². The van der Waals surface area contributed by atoms with E-state index in [-0.39, 0.29) is 8.92 Å². The monoisotopic (exact) mass is 624 g/mol. The second kappa shape index (κ2) is 20.9. The van der Waals surface area contributed by atoms with E-state index in [0.29, 0.717) is 8.66 Å². The van der Waals surface area contributed by atoms with Crippen molar-refractivity contribution >= 4 is 132 Å². The number of thioether (sulfide) groups is 6. The average Bonchev–Trinajstić information content (AvgIpc) is 2.75. The Morgan fingerprint density at radius 1 is 0.767 bits per heavy atom. The lowest BCUT2D eigenvalue weighted by Gasteiger charge is -2.38. The fourth-order valence-electron chi connectivity index (χ4n) is 2.23. The third kappa shape index (κ3) is 15.0. The van der Waals surface area contributed by atoms with Crippen molar-refractivity contribution in [3.05, 3.63) is 0 Å². The fraction of sp³-hybridized carbons (Fsp3) is 1.00. The van der Waals surface area contributed by atoms with Crippen LogP contribution in [0.3, 0.4) is 0 Å². The summed E-state index contributed by atoms with van der Waals surface area (Å²) in [7, 11) is 0. The van der Waals surface area contributed by atoms with Crippen LogP contribution in [-0.4, -0.2) is 69.4 Å². The molecule has 0 saturated carbocycles. The van der Waals surface area contributed by atoms with Gasteiger partial charge in [0.1, 0.15) is 4.84 Å². The van der Waals surface area contributed by atoms with Crippen LogP contribution in [0.5, 0.6) is 0 Å². The van der Waals surface area contributed by atoms with Gasteiger partial charge in [0, 0.05) is 11.5 Å². The highest BCUT2D eigenvalue weighted by atomic mass is 35.5. The van der Waals surface area contributed by atoms with Crippen molar-refractivity contribution in [1.29, 1.82) is 0 Å². The molecule has 0 aliphatic carbocycles. The van der Waals surface area contributed by atoms with Gasteiger partial charge in [0.05, 0.1) is 12.7 Å². The van der Waals surface area contributed by atoms with Gasteiger partial charge in [-0.1, -0.05) is 6.92 Å². The van der Waals surface area contributed by atoms with Crippen LogP contribution in [-0.2, 0) is 0 Å². The number of alkyl halides is 2. The van der Waals surface area contributed by atoms with Crippen molar-refractivity contribution in [2.45, 2.75) is 57.6 Å². The highest BCUT2D eigenvalue weighted by Crippen LogP contribution is 2.52. The molecule has 30 heavy (non-hydrogen) atoms. The van der Waals surface area contributed by atoms with Gasteiger partial charge < -0.3 is 0 Å². The molecular weight excluding hydrogens is 588 g/mol. The Morgan fingerprint density at radius 3 is 1.40 bits per heavy atom. The van der Waals surface area contributed by atoms with E-state index in [1.165, 1.54) is 42.3 Å². The Morgan fingerprint density at radius 2 is 1.13 bits per heavy atom. The van der Waals surface area contributed by atoms with E-state index in [4.69, 9.17) is 23.2 Å². The first kappa shape index (κ1) is 33.7. The van der Waals surface area contributed by atoms with Crippen LogP contribution in [0.4, 0.5) is 0 Å². The summed E-state index contributed by atoms with van der Waals surface area (Å²) in [5.74, 6) is 10.3. The zero-order valence-corrected chi connectivity index (χ0v) is 27.3. The summed E-state index contributed by atoms with van der Waals surface area (Å²) in [6.45, 7) is 6.64. The van der Waals surface area contributed by atoms with Gasteiger partial charge in [0.15, 0.2) is 0 Å². The molecule has 0 aromatic heterocycles. The van der Waals surface area contributed by atoms with Crippen molar-refractivity contribution in [2.75, 3.05) is 51.8 Å². The Bertz CT molecular complexity index is 380. The molecule has 11 heteroatoms. The Labute approximate surface area is 238 Å². The molecule has 0 aromatic carbocycles. The Balaban J connectivity index is 0.000000510. The lowest BCUT2D eigenvalue weighted by molar-refractivity contribution is 0.945. The van der Waals surface area contributed by atoms with Crippen molar-refractivity contribution in [1.82, 2.24) is 0 Å². The molecule has 2 heterocycles. The van der Waals surface area contributed by atoms with E-state index in [0.717, 1.165) is 28.8 Å². The summed E-state index contributed by atoms with van der Waals surface area (Å²) in [6, 6.07) is 0. The third-order valence-electron chi connectivity index (χ3n) is 3.90. The summed E-state index contributed by atoms with van der Waals surface area (Å²) in [5.41, 5.74) is 0. The Hall–Kier alpha value is 3.73. The van der Waals surface area contributed by atoms with Gasteiger partial charge in [0.2, 0.25) is 0 Å². The predicted octanol–water partition coefficient (Wildman–Crippen LogP) is 8.93. The van der Waals surface area contributed by atoms with Crippen LogP contribution in [0.1, 0.15) is 40.0 Å². The maximum Gasteiger partial charge on any atom is 0.131 e. The minimum absolute atomic E-state index is 0.0430. The lowest BCUT2D eigenvalue weighted by atomic mass is 10.5. The van der Waals surface area contributed by atoms with Gasteiger partial charge in [-0.2, -0.15) is 37.9 Å². The maximum atomic E-state index is 5.82. The molecule has 0 atom stereocenters. The molecule has 0 aromatic rings. The predicted molar refractivity (Wildman–Crippen MR) is 172 cm³/mol. The van der Waals surface area contributed by atoms with Gasteiger partial charge >= 0.3 is 0 Å². The molecule has 0 amide bonds. The molecule has 0 spiro atoms. The number of hydrogen-bond acceptors (Lipinski definition) is 9. The number of hydrogen-bond donors (Lipinski definition) is 3. The second-order valence-corrected chi connectivity index (χ2v) is 18.5. The van der Waals surface area contributed by atoms with Gasteiger partial charge in [-0.05, 0) is 73.4 Å². The van der Waals surface area contributed by atoms with E-state index in [1.54, 1.807) is 0 Å². The van der Waals surface area contributed by atoms with Crippen LogP contribution < -0.4 is 0 Å². The average molecular weight is 626 g/mol. The molecule has 2 fully saturated rings. The number of rotatable bonds is 9. The van der Waals surface area contributed by atoms with Gasteiger partial charge in [-0.15, -0.1) is 93.8 Å². The first-order chi connectivity index (χ1) is 14.3. The topological polar surface area (TPSA) is 0 Å². The van der Waals surface area contributed by atoms with Crippen molar-refractivity contribution < 1.29 is 0 Å². The quantitative estimate of drug-likeness (QED) is 0.132. The van der Waals surface area contributed by atoms with Crippen LogP contribution in [0.15, 0.2) is 0 Å². The first-order valence-electron chi connectivity index (χ1n) is 10.2. The Kier molecular flexibility index (Phi) is 23.5. The number of thiol groups is 3. The molecule has 0 radical (unpaired) electrons. The minimum atomic E-state index is -0.247. The van der Waals surface area contributed by atoms with Crippen LogP contribution >= 0.6 is 132 Å². The lowest BCUT2D eigenvalue weighted by Crippen LogP contribution is -2.32. The van der Waals surface area contributed by atoms with Crippen LogP contribution in [0.2, 0.25) is 0 Å². The summed E-state index contributed by atoms with van der Waals surface area (Å²) < 4.78 is 1.11. The third-order valence-corrected chi connectivity index (χ3v) is 17.3. The fourth-order valence-corrected chi connectivity index (χ4v) is 12.8. The van der Waals surface area contributed by atoms with E-state index >= 15 is 0 Å². The second-order valence-electron chi connectivity index (χ2n) is 6.68. The zero-order chi connectivity index (χ0) is 22.9. The first-order valence-corrected chi connectivity index (χ1v) is 19.0. The van der Waals surface area contributed by atoms with E-state index < -0.39 is 0 Å². The summed E-state index contributed by atoms with van der Waals surface area (Å²) in [4.78, 5) is -0.247. The number of halogens is 2. The maximum absolute atomic E-state index is 5.82. The molecular formula is C19H38Cl2S9. The van der Waals surface area contributed by atoms with Gasteiger partial charge in [-0.25, -0.2) is 0 Å². The smallest absolute Gasteiger partial charge is 0.131 e. The molecule has 2 rings (SSSR count). The summed E-state index contributed by atoms with van der Waals surface area (Å²) >= 11 is 36.4. The van der Waals surface area contributed by atoms with Gasteiger partial charge in [-0.3, -0.25) is 0 Å². The van der Waals surface area contributed by atoms with Gasteiger partial charge in [0.25, 0.3) is 0 Å². The van der Waals surface area contributed by atoms with E-state index in [9.17, 15) is 0 Å². The molecule has 2 aliphatic heterocycles. The highest BCUT2D eigenvalue weighted by Gasteiger charge is 2.37. The van der Waals surface area contributed by atoms with Crippen molar-refractivity contribution in [3.63, 3.8) is 0 Å². The summed E-state index contributed by atoms with van der Waals surface area (Å²) in [5, 5.41) is 0. The van der Waals surface area contributed by atoms with Crippen LogP contribution in [0.25, 0.3) is 0 Å². The molecule has 0 bridgehead atoms. The molecule has 0 unspecified atom stereocenters. The molecule has 0 nitrogen and oxygen atoms in total. The zero-order valence-electron chi connectivity index (χ0n) is 18.2. The van der Waals surface area contributed by atoms with Crippen LogP contribution in [0, 0.1) is 0 Å².